The molecule has 0 spiro atoms. The topological polar surface area (TPSA) is 75.9 Å². The van der Waals surface area contributed by atoms with Crippen molar-refractivity contribution in [3.63, 3.8) is 0 Å². The molecule has 2 rings (SSSR count). The number of nitrogens with zero attached hydrogens (tertiary/aromatic N) is 2. The van der Waals surface area contributed by atoms with E-state index in [9.17, 15) is 9.59 Å². The number of nitrogens with two attached hydrogens (primary N) is 1. The minimum absolute atomic E-state index is 0.0145. The zero-order valence-corrected chi connectivity index (χ0v) is 12.9. The van der Waals surface area contributed by atoms with Gasteiger partial charge in [-0.3, -0.25) is 14.5 Å². The summed E-state index contributed by atoms with van der Waals surface area (Å²) in [6.45, 7) is 5.68. The fourth-order valence-corrected chi connectivity index (χ4v) is 3.40. The minimum atomic E-state index is -0.0760. The number of ether oxygens (including phenoxy) is 1. The second-order valence-corrected chi connectivity index (χ2v) is 5.93. The van der Waals surface area contributed by atoms with E-state index in [1.165, 1.54) is 0 Å². The van der Waals surface area contributed by atoms with Gasteiger partial charge in [-0.05, 0) is 39.2 Å². The molecule has 2 aliphatic rings. The zero-order valence-electron chi connectivity index (χ0n) is 12.9. The molecule has 2 aliphatic heterocycles. The molecule has 0 radical (unpaired) electrons. The Morgan fingerprint density at radius 3 is 2.67 bits per heavy atom. The summed E-state index contributed by atoms with van der Waals surface area (Å²) < 4.78 is 5.15. The van der Waals surface area contributed by atoms with Crippen molar-refractivity contribution >= 4 is 11.9 Å². The molecule has 0 bridgehead atoms. The van der Waals surface area contributed by atoms with Gasteiger partial charge < -0.3 is 15.4 Å². The van der Waals surface area contributed by atoms with Crippen molar-refractivity contribution in [2.45, 2.75) is 38.6 Å². The van der Waals surface area contributed by atoms with Crippen LogP contribution in [0.15, 0.2) is 0 Å². The van der Waals surface area contributed by atoms with E-state index in [2.05, 4.69) is 4.90 Å². The Kier molecular flexibility index (Phi) is 5.99. The Labute approximate surface area is 126 Å². The average Bonchev–Trinajstić information content (AvgIpc) is 2.54. The molecule has 2 heterocycles. The first-order valence-electron chi connectivity index (χ1n) is 8.04. The van der Waals surface area contributed by atoms with Gasteiger partial charge in [0.1, 0.15) is 0 Å². The Hall–Kier alpha value is -1.14. The van der Waals surface area contributed by atoms with Crippen molar-refractivity contribution in [2.24, 2.45) is 11.7 Å². The van der Waals surface area contributed by atoms with Gasteiger partial charge in [0.15, 0.2) is 0 Å². The van der Waals surface area contributed by atoms with Gasteiger partial charge in [-0.2, -0.15) is 0 Å². The highest BCUT2D eigenvalue weighted by molar-refractivity contribution is 5.78. The molecule has 0 aromatic carbocycles. The van der Waals surface area contributed by atoms with E-state index in [1.54, 1.807) is 0 Å². The Morgan fingerprint density at radius 2 is 1.95 bits per heavy atom. The van der Waals surface area contributed by atoms with Crippen LogP contribution in [0.4, 0.5) is 0 Å². The fourth-order valence-electron chi connectivity index (χ4n) is 3.40. The van der Waals surface area contributed by atoms with Gasteiger partial charge in [0.2, 0.25) is 5.91 Å². The van der Waals surface area contributed by atoms with Crippen molar-refractivity contribution in [3.05, 3.63) is 0 Å². The molecule has 0 saturated carbocycles. The van der Waals surface area contributed by atoms with Crippen LogP contribution in [0.3, 0.4) is 0 Å². The van der Waals surface area contributed by atoms with Crippen LogP contribution in [0.2, 0.25) is 0 Å². The van der Waals surface area contributed by atoms with E-state index in [0.717, 1.165) is 51.9 Å². The van der Waals surface area contributed by atoms with E-state index in [1.807, 2.05) is 11.8 Å². The Balaban J connectivity index is 1.91. The van der Waals surface area contributed by atoms with Crippen LogP contribution in [0.1, 0.15) is 32.6 Å². The summed E-state index contributed by atoms with van der Waals surface area (Å²) in [4.78, 5) is 27.9. The van der Waals surface area contributed by atoms with Crippen molar-refractivity contribution in [3.8, 4) is 0 Å². The second-order valence-electron chi connectivity index (χ2n) is 5.93. The molecule has 21 heavy (non-hydrogen) atoms. The van der Waals surface area contributed by atoms with E-state index in [0.29, 0.717) is 12.6 Å². The number of amides is 1. The van der Waals surface area contributed by atoms with Gasteiger partial charge in [0.25, 0.3) is 0 Å². The Morgan fingerprint density at radius 1 is 1.19 bits per heavy atom. The number of likely N-dealkylation sites (tertiary alicyclic amines) is 2. The fraction of sp³-hybridized carbons (Fsp3) is 0.867. The third-order valence-electron chi connectivity index (χ3n) is 4.51. The maximum absolute atomic E-state index is 11.9. The van der Waals surface area contributed by atoms with Gasteiger partial charge >= 0.3 is 5.97 Å². The highest BCUT2D eigenvalue weighted by Crippen LogP contribution is 2.24. The van der Waals surface area contributed by atoms with Crippen LogP contribution in [0.5, 0.6) is 0 Å². The lowest BCUT2D eigenvalue weighted by Gasteiger charge is -2.42. The summed E-state index contributed by atoms with van der Waals surface area (Å²) >= 11 is 0. The van der Waals surface area contributed by atoms with Crippen LogP contribution in [0, 0.1) is 5.92 Å². The maximum Gasteiger partial charge on any atom is 0.310 e. The van der Waals surface area contributed by atoms with Crippen molar-refractivity contribution in [1.29, 1.82) is 0 Å². The van der Waals surface area contributed by atoms with Gasteiger partial charge in [-0.25, -0.2) is 0 Å². The molecule has 2 unspecified atom stereocenters. The molecule has 0 aliphatic carbocycles. The van der Waals surface area contributed by atoms with Crippen LogP contribution < -0.4 is 5.73 Å². The largest absolute Gasteiger partial charge is 0.466 e. The van der Waals surface area contributed by atoms with Crippen molar-refractivity contribution in [2.75, 3.05) is 39.3 Å². The number of rotatable bonds is 4. The number of carbonyl (C=O) groups excluding carboxylic acids is 2. The molecule has 0 aromatic heterocycles. The lowest BCUT2D eigenvalue weighted by molar-refractivity contribution is -0.150. The first-order chi connectivity index (χ1) is 10.2. The summed E-state index contributed by atoms with van der Waals surface area (Å²) in [5.41, 5.74) is 5.46. The monoisotopic (exact) mass is 297 g/mol. The molecule has 0 aromatic rings. The Bertz CT molecular complexity index is 375. The van der Waals surface area contributed by atoms with E-state index >= 15 is 0 Å². The van der Waals surface area contributed by atoms with Crippen LogP contribution in [-0.2, 0) is 14.3 Å². The molecule has 2 fully saturated rings. The number of hydrogen-bond acceptors (Lipinski definition) is 5. The molecular formula is C15H27N3O3. The molecule has 6 heteroatoms. The van der Waals surface area contributed by atoms with Gasteiger partial charge in [-0.15, -0.1) is 0 Å². The predicted octanol–water partition coefficient (Wildman–Crippen LogP) is 0.211. The molecular weight excluding hydrogens is 270 g/mol. The minimum Gasteiger partial charge on any atom is -0.466 e. The number of piperidine rings is 2. The highest BCUT2D eigenvalue weighted by Gasteiger charge is 2.33. The lowest BCUT2D eigenvalue weighted by Crippen LogP contribution is -2.54. The molecule has 1 amide bonds. The molecule has 2 saturated heterocycles. The SMILES string of the molecule is CCOC(=O)C1CCCN(C2CCCN(C(=O)CN)C2)C1. The first kappa shape index (κ1) is 16.2. The van der Waals surface area contributed by atoms with Crippen LogP contribution in [0.25, 0.3) is 0 Å². The second kappa shape index (κ2) is 7.75. The average molecular weight is 297 g/mol. The number of hydrogen-bond donors (Lipinski definition) is 1. The maximum atomic E-state index is 11.9. The lowest BCUT2D eigenvalue weighted by atomic mass is 9.94. The highest BCUT2D eigenvalue weighted by atomic mass is 16.5. The van der Waals surface area contributed by atoms with Crippen molar-refractivity contribution < 1.29 is 14.3 Å². The standard InChI is InChI=1S/C15H27N3O3/c1-2-21-15(20)12-5-3-7-17(10-12)13-6-4-8-18(11-13)14(19)9-16/h12-13H,2-11,16H2,1H3. The molecule has 6 nitrogen and oxygen atoms in total. The summed E-state index contributed by atoms with van der Waals surface area (Å²) in [7, 11) is 0. The third-order valence-corrected chi connectivity index (χ3v) is 4.51. The summed E-state index contributed by atoms with van der Waals surface area (Å²) in [5.74, 6) is -0.0640. The van der Waals surface area contributed by atoms with Gasteiger partial charge in [0.05, 0.1) is 19.1 Å². The number of esters is 1. The van der Waals surface area contributed by atoms with Gasteiger partial charge in [0, 0.05) is 25.7 Å². The van der Waals surface area contributed by atoms with E-state index in [-0.39, 0.29) is 24.3 Å². The van der Waals surface area contributed by atoms with Gasteiger partial charge in [-0.1, -0.05) is 0 Å². The quantitative estimate of drug-likeness (QED) is 0.751. The molecule has 2 N–H and O–H groups in total. The number of carbonyl (C=O) groups is 2. The summed E-state index contributed by atoms with van der Waals surface area (Å²) in [6.07, 6.45) is 4.03. The van der Waals surface area contributed by atoms with Crippen molar-refractivity contribution in [1.82, 2.24) is 9.80 Å². The summed E-state index contributed by atoms with van der Waals surface area (Å²) in [5, 5.41) is 0. The van der Waals surface area contributed by atoms with Crippen LogP contribution >= 0.6 is 0 Å². The first-order valence-corrected chi connectivity index (χ1v) is 8.04. The zero-order chi connectivity index (χ0) is 15.2. The normalized spacial score (nSPS) is 27.4. The van der Waals surface area contributed by atoms with E-state index < -0.39 is 0 Å². The molecule has 2 atom stereocenters. The third kappa shape index (κ3) is 4.17. The van der Waals surface area contributed by atoms with Crippen LogP contribution in [-0.4, -0.2) is 67.0 Å². The molecule has 120 valence electrons. The predicted molar refractivity (Wildman–Crippen MR) is 79.6 cm³/mol. The smallest absolute Gasteiger partial charge is 0.310 e. The summed E-state index contributed by atoms with van der Waals surface area (Å²) in [6, 6.07) is 0.353. The van der Waals surface area contributed by atoms with E-state index in [4.69, 9.17) is 10.5 Å².